The molecule has 4 nitrogen and oxygen atoms in total. The number of aromatic nitrogens is 2. The van der Waals surface area contributed by atoms with Crippen LogP contribution in [-0.4, -0.2) is 17.1 Å². The normalized spacial score (nSPS) is 10.4. The van der Waals surface area contributed by atoms with Crippen LogP contribution >= 0.6 is 15.9 Å². The van der Waals surface area contributed by atoms with Gasteiger partial charge in [-0.05, 0) is 40.5 Å². The zero-order valence-electron chi connectivity index (χ0n) is 10.3. The Morgan fingerprint density at radius 3 is 2.83 bits per heavy atom. The quantitative estimate of drug-likeness (QED) is 0.879. The first kappa shape index (κ1) is 13.0. The van der Waals surface area contributed by atoms with Gasteiger partial charge in [0.25, 0.3) is 0 Å². The van der Waals surface area contributed by atoms with Gasteiger partial charge in [-0.3, -0.25) is 0 Å². The van der Waals surface area contributed by atoms with Gasteiger partial charge in [-0.15, -0.1) is 0 Å². The Hall–Kier alpha value is -1.46. The van der Waals surface area contributed by atoms with Crippen LogP contribution in [0.2, 0.25) is 0 Å². The van der Waals surface area contributed by atoms with E-state index in [1.165, 1.54) is 0 Å². The lowest BCUT2D eigenvalue weighted by Crippen LogP contribution is -1.98. The van der Waals surface area contributed by atoms with Crippen LogP contribution in [0.25, 0.3) is 0 Å². The largest absolute Gasteiger partial charge is 0.380 e. The molecule has 0 aliphatic heterocycles. The number of ether oxygens (including phenoxy) is 1. The summed E-state index contributed by atoms with van der Waals surface area (Å²) < 4.78 is 5.88. The van der Waals surface area contributed by atoms with Crippen LogP contribution < -0.4 is 5.32 Å². The van der Waals surface area contributed by atoms with Crippen LogP contribution in [0.15, 0.2) is 34.9 Å². The minimum Gasteiger partial charge on any atom is -0.380 e. The molecule has 18 heavy (non-hydrogen) atoms. The maximum atomic E-state index is 5.11. The van der Waals surface area contributed by atoms with Gasteiger partial charge in [-0.1, -0.05) is 12.1 Å². The van der Waals surface area contributed by atoms with E-state index < -0.39 is 0 Å². The molecule has 0 aliphatic rings. The third kappa shape index (κ3) is 3.51. The van der Waals surface area contributed by atoms with Crippen molar-refractivity contribution in [2.75, 3.05) is 12.4 Å². The summed E-state index contributed by atoms with van der Waals surface area (Å²) in [5.41, 5.74) is 2.10. The van der Waals surface area contributed by atoms with Gasteiger partial charge in [-0.2, -0.15) is 0 Å². The molecular weight excluding hydrogens is 294 g/mol. The van der Waals surface area contributed by atoms with E-state index >= 15 is 0 Å². The standard InChI is InChI=1S/C13H14BrN3O/c1-9-15-12(14)7-13(16-9)17-11-5-3-4-10(6-11)8-18-2/h3-7H,8H2,1-2H3,(H,15,16,17). The number of anilines is 2. The molecule has 2 rings (SSSR count). The molecule has 2 aromatic rings. The molecule has 0 fully saturated rings. The Morgan fingerprint density at radius 2 is 2.11 bits per heavy atom. The number of halogens is 1. The molecule has 0 aliphatic carbocycles. The van der Waals surface area contributed by atoms with Crippen molar-refractivity contribution in [3.05, 3.63) is 46.3 Å². The second kappa shape index (κ2) is 5.93. The predicted octanol–water partition coefficient (Wildman–Crippen LogP) is 3.44. The monoisotopic (exact) mass is 307 g/mol. The van der Waals surface area contributed by atoms with Crippen LogP contribution in [0.1, 0.15) is 11.4 Å². The maximum absolute atomic E-state index is 5.11. The molecule has 94 valence electrons. The number of aryl methyl sites for hydroxylation is 1. The van der Waals surface area contributed by atoms with Crippen molar-refractivity contribution in [3.63, 3.8) is 0 Å². The molecule has 0 saturated carbocycles. The van der Waals surface area contributed by atoms with Gasteiger partial charge in [-0.25, -0.2) is 9.97 Å². The van der Waals surface area contributed by atoms with Gasteiger partial charge in [0.2, 0.25) is 0 Å². The first-order valence-corrected chi connectivity index (χ1v) is 6.33. The van der Waals surface area contributed by atoms with Crippen molar-refractivity contribution in [2.24, 2.45) is 0 Å². The van der Waals surface area contributed by atoms with Crippen LogP contribution in [0.5, 0.6) is 0 Å². The summed E-state index contributed by atoms with van der Waals surface area (Å²) in [7, 11) is 1.69. The maximum Gasteiger partial charge on any atom is 0.135 e. The highest BCUT2D eigenvalue weighted by Gasteiger charge is 2.01. The fourth-order valence-electron chi connectivity index (χ4n) is 1.65. The average Bonchev–Trinajstić information content (AvgIpc) is 2.28. The highest BCUT2D eigenvalue weighted by molar-refractivity contribution is 9.10. The third-order valence-corrected chi connectivity index (χ3v) is 2.72. The van der Waals surface area contributed by atoms with Gasteiger partial charge in [0.05, 0.1) is 6.61 Å². The van der Waals surface area contributed by atoms with E-state index in [9.17, 15) is 0 Å². The van der Waals surface area contributed by atoms with Crippen LogP contribution in [0.3, 0.4) is 0 Å². The van der Waals surface area contributed by atoms with Crippen molar-refractivity contribution in [3.8, 4) is 0 Å². The molecule has 1 heterocycles. The number of benzene rings is 1. The summed E-state index contributed by atoms with van der Waals surface area (Å²) in [6, 6.07) is 9.88. The fourth-order valence-corrected chi connectivity index (χ4v) is 2.12. The molecule has 1 aromatic heterocycles. The van der Waals surface area contributed by atoms with E-state index in [2.05, 4.69) is 31.2 Å². The summed E-state index contributed by atoms with van der Waals surface area (Å²) in [5, 5.41) is 3.25. The van der Waals surface area contributed by atoms with Crippen LogP contribution in [-0.2, 0) is 11.3 Å². The molecular formula is C13H14BrN3O. The number of nitrogens with one attached hydrogen (secondary N) is 1. The van der Waals surface area contributed by atoms with Crippen molar-refractivity contribution >= 4 is 27.4 Å². The van der Waals surface area contributed by atoms with E-state index in [4.69, 9.17) is 4.74 Å². The molecule has 1 N–H and O–H groups in total. The summed E-state index contributed by atoms with van der Waals surface area (Å²) in [4.78, 5) is 8.49. The Bertz CT molecular complexity index is 525. The van der Waals surface area contributed by atoms with Crippen molar-refractivity contribution in [2.45, 2.75) is 13.5 Å². The average molecular weight is 308 g/mol. The molecule has 0 amide bonds. The highest BCUT2D eigenvalue weighted by Crippen LogP contribution is 2.19. The van der Waals surface area contributed by atoms with Gasteiger partial charge >= 0.3 is 0 Å². The molecule has 5 heteroatoms. The third-order valence-electron chi connectivity index (χ3n) is 2.32. The molecule has 0 radical (unpaired) electrons. The van der Waals surface area contributed by atoms with Crippen LogP contribution in [0.4, 0.5) is 11.5 Å². The minimum absolute atomic E-state index is 0.599. The molecule has 0 unspecified atom stereocenters. The second-order valence-corrected chi connectivity index (χ2v) is 4.69. The zero-order chi connectivity index (χ0) is 13.0. The van der Waals surface area contributed by atoms with E-state index in [0.717, 1.165) is 27.5 Å². The van der Waals surface area contributed by atoms with E-state index in [0.29, 0.717) is 6.61 Å². The molecule has 1 aromatic carbocycles. The number of methoxy groups -OCH3 is 1. The Morgan fingerprint density at radius 1 is 1.28 bits per heavy atom. The lowest BCUT2D eigenvalue weighted by Gasteiger charge is -2.08. The van der Waals surface area contributed by atoms with Crippen molar-refractivity contribution in [1.29, 1.82) is 0 Å². The van der Waals surface area contributed by atoms with E-state index in [-0.39, 0.29) is 0 Å². The number of hydrogen-bond donors (Lipinski definition) is 1. The van der Waals surface area contributed by atoms with Crippen LogP contribution in [0, 0.1) is 6.92 Å². The first-order valence-electron chi connectivity index (χ1n) is 5.53. The van der Waals surface area contributed by atoms with Crippen molar-refractivity contribution < 1.29 is 4.74 Å². The van der Waals surface area contributed by atoms with Gasteiger partial charge in [0.15, 0.2) is 0 Å². The predicted molar refractivity (Wildman–Crippen MR) is 74.9 cm³/mol. The number of hydrogen-bond acceptors (Lipinski definition) is 4. The highest BCUT2D eigenvalue weighted by atomic mass is 79.9. The summed E-state index contributed by atoms with van der Waals surface area (Å²) >= 11 is 3.35. The molecule has 0 spiro atoms. The number of nitrogens with zero attached hydrogens (tertiary/aromatic N) is 2. The molecule has 0 atom stereocenters. The summed E-state index contributed by atoms with van der Waals surface area (Å²) in [5.74, 6) is 1.49. The van der Waals surface area contributed by atoms with Gasteiger partial charge < -0.3 is 10.1 Å². The Labute approximate surface area is 115 Å². The number of rotatable bonds is 4. The lowest BCUT2D eigenvalue weighted by atomic mass is 10.2. The fraction of sp³-hybridized carbons (Fsp3) is 0.231. The van der Waals surface area contributed by atoms with Crippen molar-refractivity contribution in [1.82, 2.24) is 9.97 Å². The lowest BCUT2D eigenvalue weighted by molar-refractivity contribution is 0.185. The zero-order valence-corrected chi connectivity index (χ0v) is 11.9. The molecule has 0 saturated heterocycles. The second-order valence-electron chi connectivity index (χ2n) is 3.88. The smallest absolute Gasteiger partial charge is 0.135 e. The Balaban J connectivity index is 2.20. The Kier molecular flexibility index (Phi) is 4.28. The minimum atomic E-state index is 0.599. The van der Waals surface area contributed by atoms with E-state index in [1.807, 2.05) is 37.3 Å². The topological polar surface area (TPSA) is 47.0 Å². The first-order chi connectivity index (χ1) is 8.67. The van der Waals surface area contributed by atoms with Gasteiger partial charge in [0.1, 0.15) is 16.2 Å². The van der Waals surface area contributed by atoms with Gasteiger partial charge in [0, 0.05) is 18.9 Å². The molecule has 0 bridgehead atoms. The van der Waals surface area contributed by atoms with E-state index in [1.54, 1.807) is 7.11 Å². The SMILES string of the molecule is COCc1cccc(Nc2cc(Br)nc(C)n2)c1. The summed E-state index contributed by atoms with van der Waals surface area (Å²) in [6.45, 7) is 2.46. The summed E-state index contributed by atoms with van der Waals surface area (Å²) in [6.07, 6.45) is 0.